The molecule has 1 aliphatic heterocycles. The fraction of sp³-hybridized carbons (Fsp3) is 0.273. The lowest BCUT2D eigenvalue weighted by atomic mass is 10.0. The smallest absolute Gasteiger partial charge is 0.188 e. The molecule has 0 aliphatic carbocycles. The normalized spacial score (nSPS) is 22.9. The van der Waals surface area contributed by atoms with E-state index in [4.69, 9.17) is 35.3 Å². The second-order valence-electron chi connectivity index (χ2n) is 9.44. The van der Waals surface area contributed by atoms with Crippen molar-refractivity contribution in [3.63, 3.8) is 0 Å². The fourth-order valence-electron chi connectivity index (χ4n) is 4.49. The Hall–Kier alpha value is -3.03. The first-order valence-electron chi connectivity index (χ1n) is 13.2. The van der Waals surface area contributed by atoms with Gasteiger partial charge in [0.05, 0.1) is 26.4 Å². The first-order valence-corrected chi connectivity index (χ1v) is 13.6. The van der Waals surface area contributed by atoms with Crippen LogP contribution in [0.25, 0.3) is 0 Å². The summed E-state index contributed by atoms with van der Waals surface area (Å²) in [6.07, 6.45) is -2.48. The van der Waals surface area contributed by atoms with E-state index in [0.29, 0.717) is 26.4 Å². The number of halogens is 1. The van der Waals surface area contributed by atoms with Gasteiger partial charge >= 0.3 is 0 Å². The molecule has 4 aromatic carbocycles. The van der Waals surface area contributed by atoms with Crippen molar-refractivity contribution in [3.8, 4) is 0 Å². The molecule has 0 N–H and O–H groups in total. The van der Waals surface area contributed by atoms with E-state index in [0.717, 1.165) is 22.3 Å². The van der Waals surface area contributed by atoms with Crippen molar-refractivity contribution in [2.45, 2.75) is 56.6 Å². The van der Waals surface area contributed by atoms with E-state index < -0.39 is 30.2 Å². The minimum atomic E-state index is -0.799. The summed E-state index contributed by atoms with van der Waals surface area (Å²) >= 11 is 6.82. The van der Waals surface area contributed by atoms with Crippen LogP contribution in [0, 0.1) is 0 Å². The third kappa shape index (κ3) is 7.99. The lowest BCUT2D eigenvalue weighted by Gasteiger charge is -2.44. The lowest BCUT2D eigenvalue weighted by Crippen LogP contribution is -2.59. The van der Waals surface area contributed by atoms with Crippen molar-refractivity contribution in [2.24, 2.45) is 0 Å². The molecule has 39 heavy (non-hydrogen) atoms. The number of alkyl halides is 1. The Balaban J connectivity index is 1.38. The molecule has 1 saturated heterocycles. The number of ether oxygens (including phenoxy) is 5. The zero-order valence-electron chi connectivity index (χ0n) is 21.7. The van der Waals surface area contributed by atoms with Crippen LogP contribution in [0.15, 0.2) is 121 Å². The number of hydrogen-bond donors (Lipinski definition) is 0. The second kappa shape index (κ2) is 14.4. The predicted molar refractivity (Wildman–Crippen MR) is 151 cm³/mol. The van der Waals surface area contributed by atoms with Crippen LogP contribution in [-0.2, 0) is 50.1 Å². The number of rotatable bonds is 12. The van der Waals surface area contributed by atoms with Crippen LogP contribution < -0.4 is 0 Å². The molecule has 1 heterocycles. The summed E-state index contributed by atoms with van der Waals surface area (Å²) < 4.78 is 31.8. The van der Waals surface area contributed by atoms with E-state index in [-0.39, 0.29) is 0 Å². The van der Waals surface area contributed by atoms with Crippen LogP contribution in [-0.4, -0.2) is 30.2 Å². The Labute approximate surface area is 235 Å². The van der Waals surface area contributed by atoms with Crippen molar-refractivity contribution in [3.05, 3.63) is 144 Å². The lowest BCUT2D eigenvalue weighted by molar-refractivity contribution is -0.311. The first-order chi connectivity index (χ1) is 19.3. The van der Waals surface area contributed by atoms with Gasteiger partial charge in [0.2, 0.25) is 0 Å². The van der Waals surface area contributed by atoms with Gasteiger partial charge in [-0.1, -0.05) is 133 Å². The molecule has 0 aromatic heterocycles. The van der Waals surface area contributed by atoms with Gasteiger partial charge in [-0.2, -0.15) is 0 Å². The summed E-state index contributed by atoms with van der Waals surface area (Å²) in [5.74, 6) is 0. The fourth-order valence-corrected chi connectivity index (χ4v) is 4.81. The van der Waals surface area contributed by atoms with Gasteiger partial charge < -0.3 is 23.7 Å². The monoisotopic (exact) mass is 544 g/mol. The van der Waals surface area contributed by atoms with Gasteiger partial charge in [0.25, 0.3) is 0 Å². The highest BCUT2D eigenvalue weighted by molar-refractivity contribution is 6.20. The summed E-state index contributed by atoms with van der Waals surface area (Å²) in [4.78, 5) is 0. The Morgan fingerprint density at radius 1 is 0.436 bits per heavy atom. The highest BCUT2D eigenvalue weighted by Crippen LogP contribution is 2.33. The van der Waals surface area contributed by atoms with Crippen LogP contribution in [0.5, 0.6) is 0 Å². The van der Waals surface area contributed by atoms with Gasteiger partial charge in [-0.15, -0.1) is 0 Å². The molecular weight excluding hydrogens is 512 g/mol. The van der Waals surface area contributed by atoms with Gasteiger partial charge in [0.15, 0.2) is 11.9 Å². The average Bonchev–Trinajstić information content (AvgIpc) is 3.00. The SMILES string of the molecule is Cl[C@H]1O[C@H](OCc2ccccc2)[C@@H](OCc2ccccc2)[C@H](OCc2ccccc2)[C@H]1OCc1ccccc1. The largest absolute Gasteiger partial charge is 0.368 e. The summed E-state index contributed by atoms with van der Waals surface area (Å²) in [6, 6.07) is 40.0. The summed E-state index contributed by atoms with van der Waals surface area (Å²) in [5, 5.41) is 0. The molecule has 0 radical (unpaired) electrons. The summed E-state index contributed by atoms with van der Waals surface area (Å²) in [5.41, 5.74) is 3.34. The molecule has 5 atom stereocenters. The van der Waals surface area contributed by atoms with Gasteiger partial charge in [0, 0.05) is 0 Å². The van der Waals surface area contributed by atoms with Crippen molar-refractivity contribution in [1.29, 1.82) is 0 Å². The van der Waals surface area contributed by atoms with Crippen LogP contribution in [0.2, 0.25) is 0 Å². The standard InChI is InChI=1S/C33H33ClO5/c34-32-30(36-22-26-15-7-2-8-16-26)29(35-21-25-13-5-1-6-14-25)31(37-23-27-17-9-3-10-18-27)33(39-32)38-24-28-19-11-4-12-20-28/h1-20,29-33H,21-24H2/t29-,30-,31+,32+,33+/m1/s1. The van der Waals surface area contributed by atoms with E-state index in [9.17, 15) is 0 Å². The van der Waals surface area contributed by atoms with Crippen LogP contribution >= 0.6 is 11.6 Å². The van der Waals surface area contributed by atoms with Crippen molar-refractivity contribution in [1.82, 2.24) is 0 Å². The summed E-state index contributed by atoms with van der Waals surface area (Å²) in [6.45, 7) is 1.45. The molecule has 4 aromatic rings. The molecule has 1 aliphatic rings. The minimum Gasteiger partial charge on any atom is -0.368 e. The molecule has 0 bridgehead atoms. The zero-order valence-corrected chi connectivity index (χ0v) is 22.4. The Morgan fingerprint density at radius 3 is 1.18 bits per heavy atom. The van der Waals surface area contributed by atoms with Crippen LogP contribution in [0.4, 0.5) is 0 Å². The van der Waals surface area contributed by atoms with Crippen molar-refractivity contribution >= 4 is 11.6 Å². The molecular formula is C33H33ClO5. The minimum absolute atomic E-state index is 0.348. The molecule has 1 fully saturated rings. The molecule has 6 heteroatoms. The van der Waals surface area contributed by atoms with E-state index in [2.05, 4.69) is 0 Å². The quantitative estimate of drug-likeness (QED) is 0.182. The average molecular weight is 545 g/mol. The Kier molecular flexibility index (Phi) is 10.2. The van der Waals surface area contributed by atoms with E-state index in [1.54, 1.807) is 0 Å². The zero-order chi connectivity index (χ0) is 26.7. The van der Waals surface area contributed by atoms with Gasteiger partial charge in [-0.3, -0.25) is 0 Å². The van der Waals surface area contributed by atoms with E-state index in [1.165, 1.54) is 0 Å². The summed E-state index contributed by atoms with van der Waals surface area (Å²) in [7, 11) is 0. The Morgan fingerprint density at radius 2 is 0.769 bits per heavy atom. The molecule has 0 unspecified atom stereocenters. The van der Waals surface area contributed by atoms with Crippen molar-refractivity contribution in [2.75, 3.05) is 0 Å². The molecule has 0 spiro atoms. The molecule has 202 valence electrons. The van der Waals surface area contributed by atoms with E-state index >= 15 is 0 Å². The third-order valence-electron chi connectivity index (χ3n) is 6.55. The van der Waals surface area contributed by atoms with Crippen molar-refractivity contribution < 1.29 is 23.7 Å². The maximum absolute atomic E-state index is 6.82. The third-order valence-corrected chi connectivity index (χ3v) is 6.90. The topological polar surface area (TPSA) is 46.2 Å². The maximum Gasteiger partial charge on any atom is 0.188 e. The predicted octanol–water partition coefficient (Wildman–Crippen LogP) is 6.88. The van der Waals surface area contributed by atoms with Gasteiger partial charge in [0.1, 0.15) is 18.3 Å². The number of hydrogen-bond acceptors (Lipinski definition) is 5. The molecule has 0 amide bonds. The molecule has 0 saturated carbocycles. The molecule has 5 rings (SSSR count). The maximum atomic E-state index is 6.82. The molecule has 5 nitrogen and oxygen atoms in total. The van der Waals surface area contributed by atoms with E-state index in [1.807, 2.05) is 121 Å². The van der Waals surface area contributed by atoms with Gasteiger partial charge in [-0.25, -0.2) is 0 Å². The van der Waals surface area contributed by atoms with Crippen LogP contribution in [0.3, 0.4) is 0 Å². The highest BCUT2D eigenvalue weighted by Gasteiger charge is 2.48. The number of benzene rings is 4. The Bertz CT molecular complexity index is 1230. The second-order valence-corrected chi connectivity index (χ2v) is 9.87. The highest BCUT2D eigenvalue weighted by atomic mass is 35.5. The van der Waals surface area contributed by atoms with Gasteiger partial charge in [-0.05, 0) is 22.3 Å². The first kappa shape index (κ1) is 27.5. The van der Waals surface area contributed by atoms with Crippen LogP contribution in [0.1, 0.15) is 22.3 Å².